The average Bonchev–Trinajstić information content (AvgIpc) is 3.38. The molecular formula is C30H25FN4O4S. The molecule has 1 aliphatic heterocycles. The molecule has 1 aliphatic rings. The highest BCUT2D eigenvalue weighted by atomic mass is 32.1. The van der Waals surface area contributed by atoms with E-state index in [1.807, 2.05) is 13.0 Å². The fraction of sp³-hybridized carbons (Fsp3) is 0.133. The van der Waals surface area contributed by atoms with Crippen LogP contribution in [0.2, 0.25) is 0 Å². The maximum atomic E-state index is 15.2. The Morgan fingerprint density at radius 2 is 1.75 bits per heavy atom. The van der Waals surface area contributed by atoms with Crippen molar-refractivity contribution in [1.29, 1.82) is 0 Å². The number of anilines is 2. The van der Waals surface area contributed by atoms with Crippen LogP contribution in [-0.2, 0) is 16.1 Å². The summed E-state index contributed by atoms with van der Waals surface area (Å²) in [6.07, 6.45) is -1.44. The summed E-state index contributed by atoms with van der Waals surface area (Å²) >= 11 is 1.19. The van der Waals surface area contributed by atoms with Gasteiger partial charge in [0.15, 0.2) is 0 Å². The van der Waals surface area contributed by atoms with Crippen molar-refractivity contribution in [2.75, 3.05) is 16.9 Å². The fourth-order valence-corrected chi connectivity index (χ4v) is 5.52. The summed E-state index contributed by atoms with van der Waals surface area (Å²) < 4.78 is 20.0. The lowest BCUT2D eigenvalue weighted by molar-refractivity contribution is -0.119. The first-order chi connectivity index (χ1) is 19.3. The topological polar surface area (TPSA) is 105 Å². The minimum absolute atomic E-state index is 0.0640. The molecule has 10 heteroatoms. The van der Waals surface area contributed by atoms with Crippen LogP contribution in [0.15, 0.2) is 89.9 Å². The Kier molecular flexibility index (Phi) is 7.43. The molecule has 0 saturated heterocycles. The van der Waals surface area contributed by atoms with E-state index in [4.69, 9.17) is 15.5 Å². The second-order valence-electron chi connectivity index (χ2n) is 9.08. The number of fused-ring (bicyclic) bond motifs is 1. The standard InChI is InChI=1S/C30H25FN4O4S/c1-18-8-7-9-19(16-18)35(30(32)38)27-28(36)34(17-20-14-15-25(40-20)29(37)39-2)24-13-6-4-11-22(24)26(33-27)21-10-3-5-12-23(21)31/h3-16,27H,17H2,1-2H3,(H2,32,38)/t27-/m1/s1. The van der Waals surface area contributed by atoms with Gasteiger partial charge >= 0.3 is 12.0 Å². The number of hydrogen-bond donors (Lipinski definition) is 1. The highest BCUT2D eigenvalue weighted by Gasteiger charge is 2.38. The first-order valence-corrected chi connectivity index (χ1v) is 13.2. The second kappa shape index (κ2) is 11.1. The van der Waals surface area contributed by atoms with Crippen LogP contribution < -0.4 is 15.5 Å². The van der Waals surface area contributed by atoms with Crippen LogP contribution in [0.5, 0.6) is 0 Å². The zero-order valence-corrected chi connectivity index (χ0v) is 22.5. The first-order valence-electron chi connectivity index (χ1n) is 12.3. The number of aliphatic imine (C=N–C) groups is 1. The van der Waals surface area contributed by atoms with Crippen LogP contribution in [-0.4, -0.2) is 36.9 Å². The average molecular weight is 557 g/mol. The van der Waals surface area contributed by atoms with Gasteiger partial charge in [0.1, 0.15) is 10.7 Å². The van der Waals surface area contributed by atoms with Crippen LogP contribution in [0.3, 0.4) is 0 Å². The Labute approximate surface area is 234 Å². The number of esters is 1. The molecule has 202 valence electrons. The Morgan fingerprint density at radius 1 is 1.02 bits per heavy atom. The number of thiophene rings is 1. The lowest BCUT2D eigenvalue weighted by Crippen LogP contribution is -2.52. The second-order valence-corrected chi connectivity index (χ2v) is 10.2. The Bertz CT molecular complexity index is 1650. The molecule has 0 aliphatic carbocycles. The molecule has 40 heavy (non-hydrogen) atoms. The number of hydrogen-bond acceptors (Lipinski definition) is 6. The smallest absolute Gasteiger partial charge is 0.348 e. The molecule has 1 aromatic heterocycles. The van der Waals surface area contributed by atoms with Gasteiger partial charge in [-0.3, -0.25) is 9.69 Å². The SMILES string of the molecule is COC(=O)c1ccc(CN2C(=O)[C@@H](N(C(N)=O)c3cccc(C)c3)N=C(c3ccccc3F)c3ccccc32)s1. The maximum absolute atomic E-state index is 15.2. The Hall–Kier alpha value is -4.83. The van der Waals surface area contributed by atoms with E-state index in [9.17, 15) is 14.4 Å². The van der Waals surface area contributed by atoms with Crippen molar-refractivity contribution < 1.29 is 23.5 Å². The number of primary amides is 1. The minimum Gasteiger partial charge on any atom is -0.465 e. The normalized spacial score (nSPS) is 14.7. The Balaban J connectivity index is 1.72. The van der Waals surface area contributed by atoms with Gasteiger partial charge in [-0.1, -0.05) is 42.5 Å². The highest BCUT2D eigenvalue weighted by Crippen LogP contribution is 2.33. The molecule has 4 aromatic rings. The molecule has 0 unspecified atom stereocenters. The van der Waals surface area contributed by atoms with Crippen molar-refractivity contribution in [3.8, 4) is 0 Å². The van der Waals surface area contributed by atoms with Gasteiger partial charge in [0.2, 0.25) is 6.17 Å². The lowest BCUT2D eigenvalue weighted by Gasteiger charge is -2.30. The molecule has 3 aromatic carbocycles. The van der Waals surface area contributed by atoms with Gasteiger partial charge in [-0.25, -0.2) is 19.0 Å². The predicted molar refractivity (Wildman–Crippen MR) is 152 cm³/mol. The summed E-state index contributed by atoms with van der Waals surface area (Å²) in [5.74, 6) is -1.56. The summed E-state index contributed by atoms with van der Waals surface area (Å²) in [7, 11) is 1.30. The van der Waals surface area contributed by atoms with Crippen molar-refractivity contribution >= 4 is 46.3 Å². The van der Waals surface area contributed by atoms with Gasteiger partial charge in [0, 0.05) is 21.7 Å². The molecule has 2 N–H and O–H groups in total. The van der Waals surface area contributed by atoms with Crippen molar-refractivity contribution in [3.05, 3.63) is 117 Å². The molecule has 0 bridgehead atoms. The fourth-order valence-electron chi connectivity index (χ4n) is 4.61. The molecule has 0 radical (unpaired) electrons. The summed E-state index contributed by atoms with van der Waals surface area (Å²) in [4.78, 5) is 47.7. The highest BCUT2D eigenvalue weighted by molar-refractivity contribution is 7.13. The van der Waals surface area contributed by atoms with Gasteiger partial charge in [-0.05, 0) is 55.0 Å². The third kappa shape index (κ3) is 5.08. The number of methoxy groups -OCH3 is 1. The number of nitrogens with two attached hydrogens (primary N) is 1. The van der Waals surface area contributed by atoms with Gasteiger partial charge in [0.25, 0.3) is 5.91 Å². The predicted octanol–water partition coefficient (Wildman–Crippen LogP) is 5.28. The van der Waals surface area contributed by atoms with Crippen LogP contribution in [0.4, 0.5) is 20.6 Å². The van der Waals surface area contributed by atoms with Gasteiger partial charge < -0.3 is 15.4 Å². The number of amides is 3. The van der Waals surface area contributed by atoms with Gasteiger partial charge in [-0.2, -0.15) is 0 Å². The van der Waals surface area contributed by atoms with Crippen molar-refractivity contribution in [3.63, 3.8) is 0 Å². The molecule has 3 amide bonds. The maximum Gasteiger partial charge on any atom is 0.348 e. The molecular weight excluding hydrogens is 531 g/mol. The number of carbonyl (C=O) groups excluding carboxylic acids is 3. The molecule has 0 fully saturated rings. The van der Waals surface area contributed by atoms with E-state index in [-0.39, 0.29) is 17.8 Å². The van der Waals surface area contributed by atoms with E-state index in [0.29, 0.717) is 26.7 Å². The minimum atomic E-state index is -1.44. The number of para-hydroxylation sites is 1. The summed E-state index contributed by atoms with van der Waals surface area (Å²) in [6, 6.07) is 22.6. The van der Waals surface area contributed by atoms with E-state index in [1.165, 1.54) is 29.4 Å². The Morgan fingerprint density at radius 3 is 2.45 bits per heavy atom. The number of halogens is 1. The number of ether oxygens (including phenoxy) is 1. The third-order valence-electron chi connectivity index (χ3n) is 6.44. The van der Waals surface area contributed by atoms with Crippen molar-refractivity contribution in [1.82, 2.24) is 0 Å². The number of aryl methyl sites for hydroxylation is 1. The van der Waals surface area contributed by atoms with Crippen molar-refractivity contribution in [2.45, 2.75) is 19.6 Å². The quantitative estimate of drug-likeness (QED) is 0.326. The van der Waals surface area contributed by atoms with Crippen LogP contribution in [0.25, 0.3) is 0 Å². The van der Waals surface area contributed by atoms with E-state index < -0.39 is 29.9 Å². The zero-order chi connectivity index (χ0) is 28.4. The number of nitrogens with zero attached hydrogens (tertiary/aromatic N) is 3. The molecule has 5 rings (SSSR count). The van der Waals surface area contributed by atoms with Crippen LogP contribution >= 0.6 is 11.3 Å². The number of carbonyl (C=O) groups is 3. The third-order valence-corrected chi connectivity index (χ3v) is 7.49. The first kappa shape index (κ1) is 26.8. The zero-order valence-electron chi connectivity index (χ0n) is 21.7. The number of benzodiazepines with no additional fused rings is 1. The summed E-state index contributed by atoms with van der Waals surface area (Å²) in [6.45, 7) is 1.91. The number of rotatable bonds is 6. The van der Waals surface area contributed by atoms with E-state index >= 15 is 4.39 Å². The molecule has 0 spiro atoms. The van der Waals surface area contributed by atoms with E-state index in [2.05, 4.69) is 0 Å². The van der Waals surface area contributed by atoms with Gasteiger partial charge in [-0.15, -0.1) is 11.3 Å². The van der Waals surface area contributed by atoms with E-state index in [1.54, 1.807) is 72.8 Å². The number of urea groups is 1. The molecule has 8 nitrogen and oxygen atoms in total. The molecule has 2 heterocycles. The molecule has 1 atom stereocenters. The van der Waals surface area contributed by atoms with Crippen LogP contribution in [0.1, 0.15) is 31.2 Å². The number of benzene rings is 3. The molecule has 0 saturated carbocycles. The van der Waals surface area contributed by atoms with Crippen molar-refractivity contribution in [2.24, 2.45) is 10.7 Å². The van der Waals surface area contributed by atoms with E-state index in [0.717, 1.165) is 10.5 Å². The lowest BCUT2D eigenvalue weighted by atomic mass is 9.99. The largest absolute Gasteiger partial charge is 0.465 e. The monoisotopic (exact) mass is 556 g/mol. The van der Waals surface area contributed by atoms with Gasteiger partial charge in [0.05, 0.1) is 25.1 Å². The summed E-state index contributed by atoms with van der Waals surface area (Å²) in [5.41, 5.74) is 8.42. The van der Waals surface area contributed by atoms with Crippen LogP contribution in [0, 0.1) is 12.7 Å². The summed E-state index contributed by atoms with van der Waals surface area (Å²) in [5, 5.41) is 0.